The first-order valence-electron chi connectivity index (χ1n) is 9.84. The van der Waals surface area contributed by atoms with E-state index in [0.29, 0.717) is 6.42 Å². The van der Waals surface area contributed by atoms with Gasteiger partial charge in [-0.2, -0.15) is 4.37 Å². The number of hydrogen-bond donors (Lipinski definition) is 2. The summed E-state index contributed by atoms with van der Waals surface area (Å²) in [4.78, 5) is 17.0. The highest BCUT2D eigenvalue weighted by Crippen LogP contribution is 2.28. The molecule has 150 valence electrons. The third kappa shape index (κ3) is 3.57. The van der Waals surface area contributed by atoms with Gasteiger partial charge in [-0.1, -0.05) is 13.0 Å². The molecule has 30 heavy (non-hydrogen) atoms. The Balaban J connectivity index is 1.45. The maximum absolute atomic E-state index is 4.68. The first kappa shape index (κ1) is 18.5. The van der Waals surface area contributed by atoms with Crippen LogP contribution in [0.4, 0.5) is 10.8 Å². The number of H-pyrrole nitrogens is 1. The van der Waals surface area contributed by atoms with Crippen LogP contribution in [0.5, 0.6) is 0 Å². The highest BCUT2D eigenvalue weighted by atomic mass is 32.1. The van der Waals surface area contributed by atoms with Crippen LogP contribution in [0.3, 0.4) is 0 Å². The summed E-state index contributed by atoms with van der Waals surface area (Å²) in [5.74, 6) is 0.723. The van der Waals surface area contributed by atoms with Gasteiger partial charge in [0.1, 0.15) is 5.00 Å². The van der Waals surface area contributed by atoms with Crippen molar-refractivity contribution >= 4 is 28.0 Å². The second-order valence-corrected chi connectivity index (χ2v) is 7.95. The van der Waals surface area contributed by atoms with Gasteiger partial charge in [0.25, 0.3) is 0 Å². The minimum absolute atomic E-state index is 0.705. The van der Waals surface area contributed by atoms with Gasteiger partial charge in [-0.25, -0.2) is 9.97 Å². The lowest BCUT2D eigenvalue weighted by Gasteiger charge is -2.07. The predicted octanol–water partition coefficient (Wildman–Crippen LogP) is 4.78. The van der Waals surface area contributed by atoms with E-state index < -0.39 is 0 Å². The molecule has 5 heterocycles. The highest BCUT2D eigenvalue weighted by Gasteiger charge is 2.14. The lowest BCUT2D eigenvalue weighted by atomic mass is 10.2. The summed E-state index contributed by atoms with van der Waals surface area (Å²) < 4.78 is 6.64. The first-order valence-corrected chi connectivity index (χ1v) is 10.6. The summed E-state index contributed by atoms with van der Waals surface area (Å²) in [5, 5.41) is 4.34. The predicted molar refractivity (Wildman–Crippen MR) is 119 cm³/mol. The summed E-state index contributed by atoms with van der Waals surface area (Å²) in [6, 6.07) is 10.1. The normalized spacial score (nSPS) is 11.3. The Morgan fingerprint density at radius 1 is 1.17 bits per heavy atom. The summed E-state index contributed by atoms with van der Waals surface area (Å²) in [6.45, 7) is 4.12. The second-order valence-electron chi connectivity index (χ2n) is 7.14. The van der Waals surface area contributed by atoms with Crippen LogP contribution in [0.25, 0.3) is 16.9 Å². The molecule has 0 amide bonds. The van der Waals surface area contributed by atoms with E-state index in [1.54, 1.807) is 6.20 Å². The molecular formula is C22H21N7S. The number of rotatable bonds is 6. The Kier molecular flexibility index (Phi) is 4.76. The summed E-state index contributed by atoms with van der Waals surface area (Å²) in [6.07, 6.45) is 9.41. The molecule has 0 aliphatic carbocycles. The number of aryl methyl sites for hydroxylation is 2. The van der Waals surface area contributed by atoms with Gasteiger partial charge in [-0.3, -0.25) is 9.38 Å². The number of imidazole rings is 1. The van der Waals surface area contributed by atoms with Gasteiger partial charge in [0, 0.05) is 42.0 Å². The number of aromatic nitrogens is 6. The maximum atomic E-state index is 4.68. The number of aromatic amines is 1. The van der Waals surface area contributed by atoms with Crippen LogP contribution < -0.4 is 5.32 Å². The molecule has 5 aromatic rings. The zero-order chi connectivity index (χ0) is 20.5. The molecular weight excluding hydrogens is 394 g/mol. The van der Waals surface area contributed by atoms with Crippen LogP contribution >= 0.6 is 11.5 Å². The zero-order valence-corrected chi connectivity index (χ0v) is 17.6. The minimum Gasteiger partial charge on any atom is -0.364 e. The van der Waals surface area contributed by atoms with Crippen molar-refractivity contribution < 1.29 is 0 Å². The Morgan fingerprint density at radius 2 is 2.10 bits per heavy atom. The first-order chi connectivity index (χ1) is 14.7. The van der Waals surface area contributed by atoms with Crippen LogP contribution in [0.15, 0.2) is 55.1 Å². The molecule has 0 radical (unpaired) electrons. The van der Waals surface area contributed by atoms with E-state index in [4.69, 9.17) is 0 Å². The fraction of sp³-hybridized carbons (Fsp3) is 0.182. The molecule has 5 aromatic heterocycles. The molecule has 0 saturated heterocycles. The Labute approximate surface area is 178 Å². The van der Waals surface area contributed by atoms with Crippen molar-refractivity contribution in [3.63, 3.8) is 0 Å². The second kappa shape index (κ2) is 7.72. The molecule has 0 aliphatic heterocycles. The molecule has 0 atom stereocenters. The molecule has 0 aliphatic rings. The van der Waals surface area contributed by atoms with Crippen LogP contribution in [-0.4, -0.2) is 28.7 Å². The van der Waals surface area contributed by atoms with Crippen molar-refractivity contribution in [1.29, 1.82) is 0 Å². The van der Waals surface area contributed by atoms with E-state index in [-0.39, 0.29) is 0 Å². The average Bonchev–Trinajstić information content (AvgIpc) is 3.48. The monoisotopic (exact) mass is 415 g/mol. The number of anilines is 2. The largest absolute Gasteiger partial charge is 0.364 e. The fourth-order valence-corrected chi connectivity index (χ4v) is 4.12. The van der Waals surface area contributed by atoms with E-state index >= 15 is 0 Å². The van der Waals surface area contributed by atoms with Gasteiger partial charge in [0.2, 0.25) is 0 Å². The van der Waals surface area contributed by atoms with Crippen LogP contribution in [0.2, 0.25) is 0 Å². The molecule has 2 N–H and O–H groups in total. The van der Waals surface area contributed by atoms with Crippen molar-refractivity contribution in [2.45, 2.75) is 26.7 Å². The van der Waals surface area contributed by atoms with E-state index in [9.17, 15) is 0 Å². The quantitative estimate of drug-likeness (QED) is 0.417. The molecule has 0 aromatic carbocycles. The Hall–Kier alpha value is -3.52. The minimum atomic E-state index is 0.705. The number of fused-ring (bicyclic) bond motifs is 1. The number of nitrogens with zero attached hydrogens (tertiary/aromatic N) is 5. The van der Waals surface area contributed by atoms with Gasteiger partial charge < -0.3 is 10.3 Å². The highest BCUT2D eigenvalue weighted by molar-refractivity contribution is 7.10. The summed E-state index contributed by atoms with van der Waals surface area (Å²) >= 11 is 1.42. The third-order valence-electron chi connectivity index (χ3n) is 4.92. The van der Waals surface area contributed by atoms with E-state index in [2.05, 4.69) is 47.0 Å². The molecule has 7 nitrogen and oxygen atoms in total. The third-order valence-corrected chi connectivity index (χ3v) is 5.66. The van der Waals surface area contributed by atoms with Crippen molar-refractivity contribution in [1.82, 2.24) is 28.7 Å². The maximum Gasteiger partial charge on any atom is 0.180 e. The van der Waals surface area contributed by atoms with Gasteiger partial charge in [-0.15, -0.1) is 0 Å². The van der Waals surface area contributed by atoms with E-state index in [1.807, 2.05) is 49.8 Å². The lowest BCUT2D eigenvalue weighted by Crippen LogP contribution is -2.00. The van der Waals surface area contributed by atoms with Gasteiger partial charge in [0.05, 0.1) is 23.3 Å². The molecule has 0 saturated carbocycles. The molecule has 5 rings (SSSR count). The zero-order valence-electron chi connectivity index (χ0n) is 16.8. The molecule has 0 unspecified atom stereocenters. The van der Waals surface area contributed by atoms with Gasteiger partial charge in [0.15, 0.2) is 11.5 Å². The van der Waals surface area contributed by atoms with Gasteiger partial charge >= 0.3 is 0 Å². The average molecular weight is 416 g/mol. The molecule has 0 spiro atoms. The summed E-state index contributed by atoms with van der Waals surface area (Å²) in [7, 11) is 0. The fourth-order valence-electron chi connectivity index (χ4n) is 3.46. The standard InChI is InChI=1S/C22H21N7S/c1-3-16-8-15(11-24-16)19-12-25-22-21(26-14(2)13-29(19)22)27-20-10-18(28-30-20)9-17-6-4-5-7-23-17/h4-8,10-13,24H,3,9H2,1-2H3,(H,26,27). The topological polar surface area (TPSA) is 83.8 Å². The SMILES string of the molecule is CCc1cc(-c2cnc3c(Nc4cc(Cc5ccccn5)ns4)nc(C)cn23)c[nH]1. The molecule has 0 bridgehead atoms. The van der Waals surface area contributed by atoms with Crippen LogP contribution in [-0.2, 0) is 12.8 Å². The Bertz CT molecular complexity index is 1300. The Morgan fingerprint density at radius 3 is 2.90 bits per heavy atom. The van der Waals surface area contributed by atoms with Crippen LogP contribution in [0.1, 0.15) is 29.7 Å². The molecule has 0 fully saturated rings. The summed E-state index contributed by atoms with van der Waals surface area (Å²) in [5.41, 5.74) is 7.04. The van der Waals surface area contributed by atoms with Crippen molar-refractivity contribution in [3.05, 3.63) is 77.9 Å². The van der Waals surface area contributed by atoms with Crippen molar-refractivity contribution in [2.24, 2.45) is 0 Å². The number of nitrogens with one attached hydrogen (secondary N) is 2. The van der Waals surface area contributed by atoms with Crippen molar-refractivity contribution in [2.75, 3.05) is 5.32 Å². The smallest absolute Gasteiger partial charge is 0.180 e. The van der Waals surface area contributed by atoms with Crippen LogP contribution in [0, 0.1) is 6.92 Å². The number of pyridine rings is 1. The lowest BCUT2D eigenvalue weighted by molar-refractivity contribution is 1.04. The van der Waals surface area contributed by atoms with Crippen molar-refractivity contribution in [3.8, 4) is 11.3 Å². The molecule has 8 heteroatoms. The van der Waals surface area contributed by atoms with E-state index in [0.717, 1.165) is 51.2 Å². The number of hydrogen-bond acceptors (Lipinski definition) is 6. The van der Waals surface area contributed by atoms with E-state index in [1.165, 1.54) is 17.2 Å². The van der Waals surface area contributed by atoms with Gasteiger partial charge in [-0.05, 0) is 49.1 Å².